The molecule has 4 aromatic heterocycles. The van der Waals surface area contributed by atoms with Crippen molar-refractivity contribution in [3.05, 3.63) is 84.7 Å². The van der Waals surface area contributed by atoms with Crippen LogP contribution in [-0.4, -0.2) is 56.3 Å². The molecular formula is C32H29FN6O. The molecule has 7 nitrogen and oxygen atoms in total. The van der Waals surface area contributed by atoms with Crippen LogP contribution in [0.5, 0.6) is 5.75 Å². The summed E-state index contributed by atoms with van der Waals surface area (Å²) in [6.45, 7) is 5.68. The Morgan fingerprint density at radius 1 is 0.875 bits per heavy atom. The quantitative estimate of drug-likeness (QED) is 0.237. The zero-order valence-electron chi connectivity index (χ0n) is 22.2. The summed E-state index contributed by atoms with van der Waals surface area (Å²) in [5.41, 5.74) is 8.34. The first-order valence-corrected chi connectivity index (χ1v) is 13.6. The van der Waals surface area contributed by atoms with Crippen molar-refractivity contribution in [2.45, 2.75) is 19.8 Å². The van der Waals surface area contributed by atoms with Crippen LogP contribution in [0.1, 0.15) is 18.4 Å². The molecule has 2 N–H and O–H groups in total. The first kappa shape index (κ1) is 24.5. The molecule has 1 saturated heterocycles. The molecule has 0 saturated carbocycles. The SMILES string of the molecule is Cc1ccncc1-c1ccc2[nH]nc(-c3cc4c(-c5cc(F)cc(OCCN6CCCC6)c5)cncc4[nH]3)c2c1. The van der Waals surface area contributed by atoms with E-state index < -0.39 is 0 Å². The monoisotopic (exact) mass is 532 g/mol. The maximum absolute atomic E-state index is 14.7. The number of hydrogen-bond acceptors (Lipinski definition) is 5. The van der Waals surface area contributed by atoms with E-state index in [1.54, 1.807) is 18.6 Å². The topological polar surface area (TPSA) is 82.7 Å². The Kier molecular flexibility index (Phi) is 6.24. The number of benzene rings is 2. The predicted octanol–water partition coefficient (Wildman–Crippen LogP) is 6.76. The molecule has 40 heavy (non-hydrogen) atoms. The van der Waals surface area contributed by atoms with E-state index in [-0.39, 0.29) is 5.82 Å². The van der Waals surface area contributed by atoms with Crippen LogP contribution in [0.4, 0.5) is 4.39 Å². The van der Waals surface area contributed by atoms with Gasteiger partial charge in [0.05, 0.1) is 22.9 Å². The Morgan fingerprint density at radius 2 is 1.75 bits per heavy atom. The lowest BCUT2D eigenvalue weighted by Gasteiger charge is -2.15. The second-order valence-electron chi connectivity index (χ2n) is 10.4. The number of rotatable bonds is 7. The van der Waals surface area contributed by atoms with Gasteiger partial charge >= 0.3 is 0 Å². The molecule has 0 unspecified atom stereocenters. The normalized spacial score (nSPS) is 13.9. The van der Waals surface area contributed by atoms with Gasteiger partial charge in [0.15, 0.2) is 0 Å². The van der Waals surface area contributed by atoms with Crippen LogP contribution >= 0.6 is 0 Å². The van der Waals surface area contributed by atoms with Gasteiger partial charge in [-0.2, -0.15) is 5.10 Å². The second kappa shape index (κ2) is 10.2. The summed E-state index contributed by atoms with van der Waals surface area (Å²) in [6, 6.07) is 15.2. The Morgan fingerprint density at radius 3 is 2.62 bits per heavy atom. The molecule has 0 amide bonds. The van der Waals surface area contributed by atoms with Gasteiger partial charge in [-0.05, 0) is 85.9 Å². The number of pyridine rings is 2. The van der Waals surface area contributed by atoms with Crippen molar-refractivity contribution in [3.8, 4) is 39.4 Å². The van der Waals surface area contributed by atoms with Crippen LogP contribution in [0.25, 0.3) is 55.4 Å². The van der Waals surface area contributed by atoms with E-state index in [0.717, 1.165) is 80.6 Å². The second-order valence-corrected chi connectivity index (χ2v) is 10.4. The van der Waals surface area contributed by atoms with Crippen LogP contribution < -0.4 is 4.74 Å². The number of fused-ring (bicyclic) bond motifs is 2. The van der Waals surface area contributed by atoms with Gasteiger partial charge in [0.2, 0.25) is 0 Å². The summed E-state index contributed by atoms with van der Waals surface area (Å²) in [4.78, 5) is 14.6. The van der Waals surface area contributed by atoms with Crippen LogP contribution in [-0.2, 0) is 0 Å². The molecule has 2 aromatic carbocycles. The van der Waals surface area contributed by atoms with Crippen LogP contribution in [0.2, 0.25) is 0 Å². The van der Waals surface area contributed by atoms with Gasteiger partial charge in [-0.3, -0.25) is 20.0 Å². The lowest BCUT2D eigenvalue weighted by atomic mass is 10.0. The third-order valence-electron chi connectivity index (χ3n) is 7.77. The van der Waals surface area contributed by atoms with E-state index in [2.05, 4.69) is 55.2 Å². The maximum Gasteiger partial charge on any atom is 0.127 e. The molecule has 5 heterocycles. The highest BCUT2D eigenvalue weighted by molar-refractivity contribution is 6.01. The average molecular weight is 533 g/mol. The molecule has 0 atom stereocenters. The maximum atomic E-state index is 14.7. The third kappa shape index (κ3) is 4.60. The van der Waals surface area contributed by atoms with Crippen molar-refractivity contribution in [3.63, 3.8) is 0 Å². The highest BCUT2D eigenvalue weighted by Gasteiger charge is 2.16. The number of H-pyrrole nitrogens is 2. The van der Waals surface area contributed by atoms with E-state index in [0.29, 0.717) is 12.4 Å². The van der Waals surface area contributed by atoms with Gasteiger partial charge < -0.3 is 9.72 Å². The van der Waals surface area contributed by atoms with E-state index in [1.807, 2.05) is 24.4 Å². The molecule has 0 bridgehead atoms. The summed E-state index contributed by atoms with van der Waals surface area (Å²) in [5.74, 6) is 0.191. The zero-order valence-corrected chi connectivity index (χ0v) is 22.2. The van der Waals surface area contributed by atoms with Crippen molar-refractivity contribution < 1.29 is 9.13 Å². The van der Waals surface area contributed by atoms with Gasteiger partial charge in [-0.15, -0.1) is 0 Å². The standard InChI is InChI=1S/C32H29FN6O/c1-20-6-7-34-17-27(20)21-4-5-29-26(14-21)32(38-37-29)30-16-25-28(18-35-19-31(25)36-30)22-12-23(33)15-24(13-22)40-11-10-39-8-2-3-9-39/h4-7,12-19,36H,2-3,8-11H2,1H3,(H,37,38). The molecule has 1 aliphatic rings. The van der Waals surface area contributed by atoms with Crippen molar-refractivity contribution in [2.75, 3.05) is 26.2 Å². The minimum atomic E-state index is -0.335. The van der Waals surface area contributed by atoms with Crippen LogP contribution in [0.3, 0.4) is 0 Å². The lowest BCUT2D eigenvalue weighted by Crippen LogP contribution is -2.25. The average Bonchev–Trinajstić information content (AvgIpc) is 3.72. The highest BCUT2D eigenvalue weighted by Crippen LogP contribution is 2.36. The molecular weight excluding hydrogens is 503 g/mol. The minimum Gasteiger partial charge on any atom is -0.492 e. The number of nitrogens with zero attached hydrogens (tertiary/aromatic N) is 4. The van der Waals surface area contributed by atoms with Gasteiger partial charge in [0.1, 0.15) is 23.9 Å². The summed E-state index contributed by atoms with van der Waals surface area (Å²) in [7, 11) is 0. The van der Waals surface area contributed by atoms with Crippen LogP contribution in [0, 0.1) is 12.7 Å². The van der Waals surface area contributed by atoms with Crippen molar-refractivity contribution in [1.29, 1.82) is 0 Å². The number of likely N-dealkylation sites (tertiary alicyclic amines) is 1. The molecule has 1 fully saturated rings. The first-order chi connectivity index (χ1) is 19.6. The molecule has 0 radical (unpaired) electrons. The summed E-state index contributed by atoms with van der Waals surface area (Å²) < 4.78 is 20.7. The van der Waals surface area contributed by atoms with Crippen molar-refractivity contribution in [1.82, 2.24) is 30.0 Å². The Hall–Kier alpha value is -4.56. The Labute approximate surface area is 231 Å². The molecule has 8 heteroatoms. The van der Waals surface area contributed by atoms with E-state index >= 15 is 0 Å². The fraction of sp³-hybridized carbons (Fsp3) is 0.219. The lowest BCUT2D eigenvalue weighted by molar-refractivity contribution is 0.237. The molecule has 0 spiro atoms. The van der Waals surface area contributed by atoms with Gasteiger partial charge in [0.25, 0.3) is 0 Å². The largest absolute Gasteiger partial charge is 0.492 e. The van der Waals surface area contributed by atoms with Crippen molar-refractivity contribution >= 4 is 21.8 Å². The fourth-order valence-electron chi connectivity index (χ4n) is 5.66. The minimum absolute atomic E-state index is 0.335. The number of hydrogen-bond donors (Lipinski definition) is 2. The van der Waals surface area contributed by atoms with E-state index in [4.69, 9.17) is 4.74 Å². The Bertz CT molecular complexity index is 1830. The summed E-state index contributed by atoms with van der Waals surface area (Å²) >= 11 is 0. The van der Waals surface area contributed by atoms with Crippen LogP contribution in [0.15, 0.2) is 73.3 Å². The number of halogens is 1. The Balaban J connectivity index is 1.24. The van der Waals surface area contributed by atoms with Crippen molar-refractivity contribution in [2.24, 2.45) is 0 Å². The summed E-state index contributed by atoms with van der Waals surface area (Å²) in [6.07, 6.45) is 9.72. The number of ether oxygens (including phenoxy) is 1. The van der Waals surface area contributed by atoms with Gasteiger partial charge in [0, 0.05) is 53.1 Å². The molecule has 200 valence electrons. The van der Waals surface area contributed by atoms with E-state index in [1.165, 1.54) is 25.0 Å². The first-order valence-electron chi connectivity index (χ1n) is 13.6. The molecule has 6 aromatic rings. The van der Waals surface area contributed by atoms with Gasteiger partial charge in [-0.1, -0.05) is 6.07 Å². The predicted molar refractivity (Wildman–Crippen MR) is 156 cm³/mol. The van der Waals surface area contributed by atoms with E-state index in [9.17, 15) is 4.39 Å². The van der Waals surface area contributed by atoms with Gasteiger partial charge in [-0.25, -0.2) is 4.39 Å². The fourth-order valence-corrected chi connectivity index (χ4v) is 5.66. The zero-order chi connectivity index (χ0) is 27.1. The summed E-state index contributed by atoms with van der Waals surface area (Å²) in [5, 5.41) is 9.73. The number of nitrogens with one attached hydrogen (secondary N) is 2. The third-order valence-corrected chi connectivity index (χ3v) is 7.77. The molecule has 7 rings (SSSR count). The molecule has 1 aliphatic heterocycles. The number of aryl methyl sites for hydroxylation is 1. The smallest absolute Gasteiger partial charge is 0.127 e. The number of aromatic nitrogens is 5. The number of aromatic amines is 2. The highest BCUT2D eigenvalue weighted by atomic mass is 19.1. The molecule has 0 aliphatic carbocycles.